The van der Waals surface area contributed by atoms with E-state index < -0.39 is 12.0 Å². The Hall–Kier alpha value is -3.15. The molecule has 6 nitrogen and oxygen atoms in total. The monoisotopic (exact) mass is 311 g/mol. The minimum absolute atomic E-state index is 0.0814. The molecule has 2 N–H and O–H groups in total. The van der Waals surface area contributed by atoms with E-state index in [1.165, 1.54) is 19.1 Å². The topological polar surface area (TPSA) is 98.3 Å². The first-order chi connectivity index (χ1) is 11.0. The van der Waals surface area contributed by atoms with Gasteiger partial charge in [0.05, 0.1) is 5.97 Å². The van der Waals surface area contributed by atoms with Crippen LogP contribution in [0.2, 0.25) is 0 Å². The zero-order valence-corrected chi connectivity index (χ0v) is 12.5. The highest BCUT2D eigenvalue weighted by Gasteiger charge is 2.04. The Bertz CT molecular complexity index is 739. The fourth-order valence-electron chi connectivity index (χ4n) is 1.93. The first-order valence-electron chi connectivity index (χ1n) is 6.92. The second kappa shape index (κ2) is 7.22. The number of carboxylic acids is 1. The molecule has 0 aliphatic rings. The molecule has 0 aromatic heterocycles. The van der Waals surface area contributed by atoms with E-state index in [9.17, 15) is 19.5 Å². The van der Waals surface area contributed by atoms with Crippen molar-refractivity contribution >= 4 is 23.5 Å². The van der Waals surface area contributed by atoms with Crippen molar-refractivity contribution in [2.24, 2.45) is 0 Å². The molecule has 0 fully saturated rings. The highest BCUT2D eigenvalue weighted by atomic mass is 16.4. The van der Waals surface area contributed by atoms with E-state index in [-0.39, 0.29) is 17.9 Å². The van der Waals surface area contributed by atoms with Gasteiger partial charge in [-0.25, -0.2) is 4.79 Å². The third-order valence-corrected chi connectivity index (χ3v) is 3.17. The number of Topliss-reactive ketones (excluding diaryl/α,β-unsaturated/α-hetero) is 1. The fraction of sp³-hybridized carbons (Fsp3) is 0.118. The van der Waals surface area contributed by atoms with Gasteiger partial charge in [-0.3, -0.25) is 4.79 Å². The van der Waals surface area contributed by atoms with Crippen molar-refractivity contribution in [1.29, 1.82) is 0 Å². The molecular formula is C17H15N2O4-. The molecule has 0 aliphatic carbocycles. The maximum Gasteiger partial charge on any atom is 0.319 e. The highest BCUT2D eigenvalue weighted by molar-refractivity contribution is 5.96. The molecular weight excluding hydrogens is 296 g/mol. The summed E-state index contributed by atoms with van der Waals surface area (Å²) >= 11 is 0. The lowest BCUT2D eigenvalue weighted by Crippen LogP contribution is -2.28. The van der Waals surface area contributed by atoms with Gasteiger partial charge in [-0.05, 0) is 30.2 Å². The molecule has 0 radical (unpaired) electrons. The van der Waals surface area contributed by atoms with Crippen molar-refractivity contribution in [2.45, 2.75) is 13.5 Å². The second-order valence-electron chi connectivity index (χ2n) is 4.93. The summed E-state index contributed by atoms with van der Waals surface area (Å²) in [6, 6.07) is 12.2. The van der Waals surface area contributed by atoms with Gasteiger partial charge in [0.15, 0.2) is 5.78 Å². The van der Waals surface area contributed by atoms with Crippen molar-refractivity contribution in [1.82, 2.24) is 5.32 Å². The number of urea groups is 1. The van der Waals surface area contributed by atoms with Gasteiger partial charge in [0, 0.05) is 17.8 Å². The number of hydrogen-bond donors (Lipinski definition) is 2. The number of hydrogen-bond acceptors (Lipinski definition) is 4. The summed E-state index contributed by atoms with van der Waals surface area (Å²) in [4.78, 5) is 33.8. The molecule has 0 unspecified atom stereocenters. The summed E-state index contributed by atoms with van der Waals surface area (Å²) in [7, 11) is 0. The summed E-state index contributed by atoms with van der Waals surface area (Å²) in [6.07, 6.45) is 0. The number of carbonyl (C=O) groups is 3. The van der Waals surface area contributed by atoms with E-state index in [0.717, 1.165) is 5.56 Å². The van der Waals surface area contributed by atoms with Crippen LogP contribution in [0.3, 0.4) is 0 Å². The van der Waals surface area contributed by atoms with Gasteiger partial charge in [-0.15, -0.1) is 0 Å². The van der Waals surface area contributed by atoms with Crippen LogP contribution >= 0.6 is 0 Å². The molecule has 0 saturated carbocycles. The quantitative estimate of drug-likeness (QED) is 0.819. The standard InChI is InChI=1S/C17H16N2O4/c1-11(20)14-3-2-4-15(9-14)19-17(23)18-10-12-5-7-13(8-6-12)16(21)22/h2-9H,10H2,1H3,(H,21,22)(H2,18,19,23)/p-1. The second-order valence-corrected chi connectivity index (χ2v) is 4.93. The fourth-order valence-corrected chi connectivity index (χ4v) is 1.93. The van der Waals surface area contributed by atoms with Gasteiger partial charge in [0.2, 0.25) is 0 Å². The van der Waals surface area contributed by atoms with E-state index in [0.29, 0.717) is 11.3 Å². The average molecular weight is 311 g/mol. The largest absolute Gasteiger partial charge is 0.545 e. The summed E-state index contributed by atoms with van der Waals surface area (Å²) in [5.74, 6) is -1.32. The van der Waals surface area contributed by atoms with Crippen LogP contribution in [-0.4, -0.2) is 17.8 Å². The molecule has 2 aromatic rings. The number of nitrogens with one attached hydrogen (secondary N) is 2. The Morgan fingerprint density at radius 1 is 1.00 bits per heavy atom. The van der Waals surface area contributed by atoms with Crippen LogP contribution in [0.5, 0.6) is 0 Å². The van der Waals surface area contributed by atoms with Crippen molar-refractivity contribution < 1.29 is 19.5 Å². The maximum absolute atomic E-state index is 11.8. The molecule has 6 heteroatoms. The summed E-state index contributed by atoms with van der Waals surface area (Å²) in [5, 5.41) is 15.9. The predicted octanol–water partition coefficient (Wildman–Crippen LogP) is 1.57. The summed E-state index contributed by atoms with van der Waals surface area (Å²) < 4.78 is 0. The molecule has 0 aliphatic heterocycles. The number of carbonyl (C=O) groups excluding carboxylic acids is 3. The maximum atomic E-state index is 11.8. The van der Waals surface area contributed by atoms with Crippen LogP contribution < -0.4 is 15.7 Å². The normalized spacial score (nSPS) is 9.96. The molecule has 2 amide bonds. The average Bonchev–Trinajstić information content (AvgIpc) is 2.53. The number of amides is 2. The Morgan fingerprint density at radius 2 is 1.70 bits per heavy atom. The molecule has 0 saturated heterocycles. The highest BCUT2D eigenvalue weighted by Crippen LogP contribution is 2.11. The Morgan fingerprint density at radius 3 is 2.30 bits per heavy atom. The Labute approximate surface area is 133 Å². The minimum Gasteiger partial charge on any atom is -0.545 e. The van der Waals surface area contributed by atoms with E-state index in [1.54, 1.807) is 36.4 Å². The van der Waals surface area contributed by atoms with Crippen molar-refractivity contribution in [3.05, 3.63) is 65.2 Å². The van der Waals surface area contributed by atoms with Crippen LogP contribution in [0.4, 0.5) is 10.5 Å². The number of anilines is 1. The van der Waals surface area contributed by atoms with Gasteiger partial charge in [-0.1, -0.05) is 36.4 Å². The first kappa shape index (κ1) is 16.2. The van der Waals surface area contributed by atoms with Crippen LogP contribution in [-0.2, 0) is 6.54 Å². The number of ketones is 1. The third kappa shape index (κ3) is 4.67. The number of benzene rings is 2. The molecule has 23 heavy (non-hydrogen) atoms. The zero-order chi connectivity index (χ0) is 16.8. The Kier molecular flexibility index (Phi) is 5.09. The van der Waals surface area contributed by atoms with Crippen molar-refractivity contribution in [2.75, 3.05) is 5.32 Å². The summed E-state index contributed by atoms with van der Waals surface area (Å²) in [6.45, 7) is 1.70. The molecule has 0 atom stereocenters. The van der Waals surface area contributed by atoms with E-state index in [2.05, 4.69) is 10.6 Å². The van der Waals surface area contributed by atoms with Gasteiger partial charge in [-0.2, -0.15) is 0 Å². The Balaban J connectivity index is 1.91. The predicted molar refractivity (Wildman–Crippen MR) is 83.1 cm³/mol. The van der Waals surface area contributed by atoms with Crippen LogP contribution in [0, 0.1) is 0 Å². The van der Waals surface area contributed by atoms with Gasteiger partial charge < -0.3 is 20.5 Å². The van der Waals surface area contributed by atoms with Gasteiger partial charge in [0.1, 0.15) is 0 Å². The van der Waals surface area contributed by atoms with Gasteiger partial charge >= 0.3 is 6.03 Å². The van der Waals surface area contributed by atoms with Crippen LogP contribution in [0.1, 0.15) is 33.2 Å². The van der Waals surface area contributed by atoms with Crippen molar-refractivity contribution in [3.8, 4) is 0 Å². The van der Waals surface area contributed by atoms with Gasteiger partial charge in [0.25, 0.3) is 0 Å². The third-order valence-electron chi connectivity index (χ3n) is 3.17. The van der Waals surface area contributed by atoms with Crippen LogP contribution in [0.15, 0.2) is 48.5 Å². The van der Waals surface area contributed by atoms with E-state index in [4.69, 9.17) is 0 Å². The number of carboxylic acid groups (broad SMARTS) is 1. The number of rotatable bonds is 5. The molecule has 0 heterocycles. The smallest absolute Gasteiger partial charge is 0.319 e. The molecule has 2 rings (SSSR count). The van der Waals surface area contributed by atoms with E-state index >= 15 is 0 Å². The lowest BCUT2D eigenvalue weighted by Gasteiger charge is -2.09. The molecule has 0 spiro atoms. The first-order valence-corrected chi connectivity index (χ1v) is 6.92. The van der Waals surface area contributed by atoms with Crippen molar-refractivity contribution in [3.63, 3.8) is 0 Å². The lowest BCUT2D eigenvalue weighted by molar-refractivity contribution is -0.255. The molecule has 2 aromatic carbocycles. The minimum atomic E-state index is -1.24. The summed E-state index contributed by atoms with van der Waals surface area (Å²) in [5.41, 5.74) is 1.87. The molecule has 118 valence electrons. The SMILES string of the molecule is CC(=O)c1cccc(NC(=O)NCc2ccc(C(=O)[O-])cc2)c1. The lowest BCUT2D eigenvalue weighted by atomic mass is 10.1. The molecule has 0 bridgehead atoms. The zero-order valence-electron chi connectivity index (χ0n) is 12.5. The van der Waals surface area contributed by atoms with Crippen LogP contribution in [0.25, 0.3) is 0 Å². The van der Waals surface area contributed by atoms with E-state index in [1.807, 2.05) is 0 Å². The number of aromatic carboxylic acids is 1.